The predicted molar refractivity (Wildman–Crippen MR) is 152 cm³/mol. The van der Waals surface area contributed by atoms with Gasteiger partial charge < -0.3 is 10.2 Å². The molecule has 0 bridgehead atoms. The van der Waals surface area contributed by atoms with Crippen molar-refractivity contribution in [3.8, 4) is 17.2 Å². The van der Waals surface area contributed by atoms with Gasteiger partial charge in [-0.05, 0) is 72.5 Å². The number of anilines is 2. The predicted octanol–water partition coefficient (Wildman–Crippen LogP) is 5.81. The van der Waals surface area contributed by atoms with Crippen molar-refractivity contribution < 1.29 is 4.79 Å². The summed E-state index contributed by atoms with van der Waals surface area (Å²) in [5, 5.41) is 12.0. The third-order valence-corrected chi connectivity index (χ3v) is 7.02. The molecule has 1 saturated heterocycles. The fourth-order valence-electron chi connectivity index (χ4n) is 4.85. The maximum absolute atomic E-state index is 13.0. The Morgan fingerprint density at radius 2 is 1.74 bits per heavy atom. The lowest BCUT2D eigenvalue weighted by Gasteiger charge is -2.35. The zero-order valence-corrected chi connectivity index (χ0v) is 21.8. The average molecular weight is 502 g/mol. The van der Waals surface area contributed by atoms with Gasteiger partial charge in [-0.15, -0.1) is 0 Å². The molecule has 1 aliphatic heterocycles. The third kappa shape index (κ3) is 5.91. The molecule has 1 fully saturated rings. The number of amides is 1. The number of nitrogens with one attached hydrogen (secondary N) is 1. The minimum atomic E-state index is -0.181. The molecule has 3 aromatic carbocycles. The molecule has 0 aliphatic carbocycles. The molecule has 4 aromatic rings. The van der Waals surface area contributed by atoms with Crippen molar-refractivity contribution in [2.45, 2.75) is 20.4 Å². The molecule has 0 spiro atoms. The Hall–Kier alpha value is -4.47. The van der Waals surface area contributed by atoms with E-state index in [1.165, 1.54) is 11.1 Å². The molecule has 190 valence electrons. The van der Waals surface area contributed by atoms with E-state index in [1.54, 1.807) is 18.3 Å². The van der Waals surface area contributed by atoms with Crippen LogP contribution in [-0.2, 0) is 6.54 Å². The van der Waals surface area contributed by atoms with Gasteiger partial charge in [0.2, 0.25) is 0 Å². The van der Waals surface area contributed by atoms with E-state index in [9.17, 15) is 4.79 Å². The van der Waals surface area contributed by atoms with Crippen LogP contribution in [0.2, 0.25) is 0 Å². The molecule has 6 heteroatoms. The fraction of sp³-hybridized carbons (Fsp3) is 0.219. The standard InChI is InChI=1S/C32H31N5O/c1-23-4-3-5-26(18-23)22-36-14-16-37(17-15-36)31-13-12-29(21-34-31)35-32(38)28-9-6-24(2)30(19-28)27-10-7-25(20-33)8-11-27/h3-13,18-19,21H,14-17,22H2,1-2H3,(H,35,38). The molecule has 0 atom stereocenters. The van der Waals surface area contributed by atoms with Gasteiger partial charge in [-0.1, -0.05) is 48.0 Å². The molecular formula is C32H31N5O. The van der Waals surface area contributed by atoms with Crippen molar-refractivity contribution in [1.29, 1.82) is 5.26 Å². The number of aromatic nitrogens is 1. The number of benzene rings is 3. The van der Waals surface area contributed by atoms with Gasteiger partial charge in [0.1, 0.15) is 5.82 Å². The number of aryl methyl sites for hydroxylation is 2. The van der Waals surface area contributed by atoms with Crippen LogP contribution in [0.15, 0.2) is 85.1 Å². The first-order valence-electron chi connectivity index (χ1n) is 12.9. The monoisotopic (exact) mass is 501 g/mol. The lowest BCUT2D eigenvalue weighted by molar-refractivity contribution is 0.102. The van der Waals surface area contributed by atoms with Crippen molar-refractivity contribution in [3.63, 3.8) is 0 Å². The first-order valence-corrected chi connectivity index (χ1v) is 12.9. The summed E-state index contributed by atoms with van der Waals surface area (Å²) in [7, 11) is 0. The Labute approximate surface area is 224 Å². The van der Waals surface area contributed by atoms with E-state index in [0.717, 1.165) is 55.2 Å². The molecule has 0 saturated carbocycles. The normalized spacial score (nSPS) is 13.7. The van der Waals surface area contributed by atoms with Crippen LogP contribution in [0.1, 0.15) is 32.6 Å². The summed E-state index contributed by atoms with van der Waals surface area (Å²) < 4.78 is 0. The molecule has 38 heavy (non-hydrogen) atoms. The van der Waals surface area contributed by atoms with Crippen molar-refractivity contribution in [3.05, 3.63) is 113 Å². The van der Waals surface area contributed by atoms with Crippen molar-refractivity contribution in [1.82, 2.24) is 9.88 Å². The number of pyridine rings is 1. The largest absolute Gasteiger partial charge is 0.354 e. The molecule has 1 N–H and O–H groups in total. The number of rotatable bonds is 6. The second-order valence-electron chi connectivity index (χ2n) is 9.83. The number of carbonyl (C=O) groups is 1. The van der Waals surface area contributed by atoms with E-state index in [0.29, 0.717) is 16.8 Å². The summed E-state index contributed by atoms with van der Waals surface area (Å²) in [5.41, 5.74) is 7.51. The van der Waals surface area contributed by atoms with Gasteiger partial charge in [-0.3, -0.25) is 9.69 Å². The minimum absolute atomic E-state index is 0.181. The van der Waals surface area contributed by atoms with Crippen molar-refractivity contribution >= 4 is 17.4 Å². The van der Waals surface area contributed by atoms with Gasteiger partial charge in [0, 0.05) is 38.3 Å². The van der Waals surface area contributed by atoms with Crippen molar-refractivity contribution in [2.24, 2.45) is 0 Å². The highest BCUT2D eigenvalue weighted by Crippen LogP contribution is 2.26. The smallest absolute Gasteiger partial charge is 0.255 e. The molecule has 1 aromatic heterocycles. The highest BCUT2D eigenvalue weighted by molar-refractivity contribution is 6.05. The van der Waals surface area contributed by atoms with Crippen LogP contribution < -0.4 is 10.2 Å². The van der Waals surface area contributed by atoms with Crippen LogP contribution in [0.5, 0.6) is 0 Å². The second-order valence-corrected chi connectivity index (χ2v) is 9.83. The zero-order valence-electron chi connectivity index (χ0n) is 21.8. The summed E-state index contributed by atoms with van der Waals surface area (Å²) in [4.78, 5) is 22.4. The summed E-state index contributed by atoms with van der Waals surface area (Å²) in [6, 6.07) is 27.8. The molecule has 0 unspecified atom stereocenters. The van der Waals surface area contributed by atoms with Crippen LogP contribution in [-0.4, -0.2) is 42.0 Å². The number of nitrogens with zero attached hydrogens (tertiary/aromatic N) is 4. The van der Waals surface area contributed by atoms with Crippen molar-refractivity contribution in [2.75, 3.05) is 36.4 Å². The first-order chi connectivity index (χ1) is 18.5. The Morgan fingerprint density at radius 3 is 2.42 bits per heavy atom. The number of carbonyl (C=O) groups excluding carboxylic acids is 1. The Balaban J connectivity index is 1.19. The maximum atomic E-state index is 13.0. The zero-order chi connectivity index (χ0) is 26.5. The summed E-state index contributed by atoms with van der Waals surface area (Å²) in [5.74, 6) is 0.746. The van der Waals surface area contributed by atoms with Crippen LogP contribution in [0.4, 0.5) is 11.5 Å². The second kappa shape index (κ2) is 11.3. The van der Waals surface area contributed by atoms with E-state index < -0.39 is 0 Å². The van der Waals surface area contributed by atoms with Gasteiger partial charge in [-0.2, -0.15) is 5.26 Å². The molecule has 6 nitrogen and oxygen atoms in total. The topological polar surface area (TPSA) is 72.3 Å². The van der Waals surface area contributed by atoms with Gasteiger partial charge >= 0.3 is 0 Å². The molecule has 1 aliphatic rings. The highest BCUT2D eigenvalue weighted by Gasteiger charge is 2.18. The van der Waals surface area contributed by atoms with Crippen LogP contribution in [0.25, 0.3) is 11.1 Å². The number of nitriles is 1. The maximum Gasteiger partial charge on any atom is 0.255 e. The fourth-order valence-corrected chi connectivity index (χ4v) is 4.85. The molecule has 0 radical (unpaired) electrons. The van der Waals surface area contributed by atoms with E-state index in [-0.39, 0.29) is 5.91 Å². The average Bonchev–Trinajstić information content (AvgIpc) is 2.94. The Morgan fingerprint density at radius 1 is 0.947 bits per heavy atom. The van der Waals surface area contributed by atoms with E-state index in [4.69, 9.17) is 5.26 Å². The van der Waals surface area contributed by atoms with Gasteiger partial charge in [0.05, 0.1) is 23.5 Å². The highest BCUT2D eigenvalue weighted by atomic mass is 16.1. The lowest BCUT2D eigenvalue weighted by Crippen LogP contribution is -2.46. The Bertz CT molecular complexity index is 1460. The van der Waals surface area contributed by atoms with Crippen LogP contribution in [0, 0.1) is 25.2 Å². The quantitative estimate of drug-likeness (QED) is 0.361. The number of hydrogen-bond donors (Lipinski definition) is 1. The van der Waals surface area contributed by atoms with E-state index in [1.807, 2.05) is 49.4 Å². The summed E-state index contributed by atoms with van der Waals surface area (Å²) in [6.07, 6.45) is 1.72. The number of piperazine rings is 1. The van der Waals surface area contributed by atoms with E-state index >= 15 is 0 Å². The molecular weight excluding hydrogens is 470 g/mol. The SMILES string of the molecule is Cc1cccc(CN2CCN(c3ccc(NC(=O)c4ccc(C)c(-c5ccc(C#N)cc5)c4)cn3)CC2)c1. The summed E-state index contributed by atoms with van der Waals surface area (Å²) in [6.45, 7) is 8.94. The van der Waals surface area contributed by atoms with E-state index in [2.05, 4.69) is 57.4 Å². The molecule has 2 heterocycles. The molecule has 1 amide bonds. The molecule has 5 rings (SSSR count). The third-order valence-electron chi connectivity index (χ3n) is 7.02. The van der Waals surface area contributed by atoms with Crippen LogP contribution in [0.3, 0.4) is 0 Å². The van der Waals surface area contributed by atoms with Gasteiger partial charge in [-0.25, -0.2) is 4.98 Å². The summed E-state index contributed by atoms with van der Waals surface area (Å²) >= 11 is 0. The van der Waals surface area contributed by atoms with Crippen LogP contribution >= 0.6 is 0 Å². The van der Waals surface area contributed by atoms with Gasteiger partial charge in [0.15, 0.2) is 0 Å². The lowest BCUT2D eigenvalue weighted by atomic mass is 9.97. The van der Waals surface area contributed by atoms with Gasteiger partial charge in [0.25, 0.3) is 5.91 Å². The first kappa shape index (κ1) is 25.2. The number of hydrogen-bond acceptors (Lipinski definition) is 5. The minimum Gasteiger partial charge on any atom is -0.354 e. The Kier molecular flexibility index (Phi) is 7.48.